The van der Waals surface area contributed by atoms with Gasteiger partial charge < -0.3 is 10.2 Å². The summed E-state index contributed by atoms with van der Waals surface area (Å²) in [5, 5.41) is 7.16. The van der Waals surface area contributed by atoms with Gasteiger partial charge in [0.25, 0.3) is 0 Å². The van der Waals surface area contributed by atoms with Crippen molar-refractivity contribution in [1.82, 2.24) is 25.0 Å². The Bertz CT molecular complexity index is 607. The molecule has 2 aromatic rings. The second-order valence-electron chi connectivity index (χ2n) is 5.20. The Hall–Kier alpha value is -2.02. The summed E-state index contributed by atoms with van der Waals surface area (Å²) in [7, 11) is 0. The van der Waals surface area contributed by atoms with Crippen LogP contribution in [-0.2, 0) is 0 Å². The number of benzene rings is 1. The second-order valence-corrected chi connectivity index (χ2v) is 6.43. The average molecular weight is 317 g/mol. The minimum absolute atomic E-state index is 0.0214. The number of carbonyl (C=O) groups is 1. The fraction of sp³-hybridized carbons (Fsp3) is 0.400. The van der Waals surface area contributed by atoms with E-state index in [-0.39, 0.29) is 12.1 Å². The molecule has 1 atom stereocenters. The van der Waals surface area contributed by atoms with Gasteiger partial charge in [0.15, 0.2) is 0 Å². The minimum Gasteiger partial charge on any atom is -0.331 e. The van der Waals surface area contributed by atoms with Gasteiger partial charge in [0.2, 0.25) is 0 Å². The third-order valence-corrected chi connectivity index (χ3v) is 4.66. The monoisotopic (exact) mass is 317 g/mol. The molecule has 116 valence electrons. The van der Waals surface area contributed by atoms with Crippen molar-refractivity contribution in [3.05, 3.63) is 42.5 Å². The first kappa shape index (κ1) is 14.9. The largest absolute Gasteiger partial charge is 0.331 e. The van der Waals surface area contributed by atoms with Gasteiger partial charge in [-0.15, -0.1) is 0 Å². The molecule has 1 aliphatic heterocycles. The van der Waals surface area contributed by atoms with Crippen molar-refractivity contribution in [2.24, 2.45) is 0 Å². The molecule has 1 saturated heterocycles. The number of rotatable bonds is 3. The Morgan fingerprint density at radius 1 is 1.27 bits per heavy atom. The number of thioether (sulfide) groups is 1. The predicted octanol–water partition coefficient (Wildman–Crippen LogP) is 2.09. The number of carbonyl (C=O) groups excluding carboxylic acids is 1. The van der Waals surface area contributed by atoms with Gasteiger partial charge in [0.05, 0.1) is 11.7 Å². The lowest BCUT2D eigenvalue weighted by molar-refractivity contribution is 0.200. The number of amides is 2. The van der Waals surface area contributed by atoms with E-state index in [1.54, 1.807) is 11.0 Å². The highest BCUT2D eigenvalue weighted by Crippen LogP contribution is 2.16. The van der Waals surface area contributed by atoms with E-state index in [0.29, 0.717) is 0 Å². The standard InChI is InChI=1S/C15H19N5OS/c1-12(18-15(21)19-6-8-22-9-7-19)13-2-4-14(5-3-13)20-11-16-10-17-20/h2-5,10-12H,6-9H2,1H3,(H,18,21)/t12-/m0/s1. The van der Waals surface area contributed by atoms with Crippen molar-refractivity contribution in [3.8, 4) is 5.69 Å². The average Bonchev–Trinajstić information content (AvgIpc) is 3.10. The van der Waals surface area contributed by atoms with E-state index >= 15 is 0 Å². The van der Waals surface area contributed by atoms with Crippen LogP contribution in [-0.4, -0.2) is 50.3 Å². The van der Waals surface area contributed by atoms with E-state index < -0.39 is 0 Å². The maximum atomic E-state index is 12.2. The van der Waals surface area contributed by atoms with Gasteiger partial charge in [-0.3, -0.25) is 0 Å². The zero-order valence-corrected chi connectivity index (χ0v) is 13.3. The van der Waals surface area contributed by atoms with Crippen molar-refractivity contribution in [2.45, 2.75) is 13.0 Å². The maximum absolute atomic E-state index is 12.2. The SMILES string of the molecule is C[C@H](NC(=O)N1CCSCC1)c1ccc(-n2cncn2)cc1. The van der Waals surface area contributed by atoms with Crippen molar-refractivity contribution in [1.29, 1.82) is 0 Å². The molecule has 1 aromatic heterocycles. The van der Waals surface area contributed by atoms with Crippen molar-refractivity contribution in [3.63, 3.8) is 0 Å². The van der Waals surface area contributed by atoms with Crippen LogP contribution < -0.4 is 5.32 Å². The highest BCUT2D eigenvalue weighted by molar-refractivity contribution is 7.99. The smallest absolute Gasteiger partial charge is 0.317 e. The molecule has 0 spiro atoms. The third kappa shape index (κ3) is 3.41. The normalized spacial score (nSPS) is 16.3. The lowest BCUT2D eigenvalue weighted by atomic mass is 10.1. The second kappa shape index (κ2) is 6.83. The molecular weight excluding hydrogens is 298 g/mol. The van der Waals surface area contributed by atoms with Gasteiger partial charge in [-0.1, -0.05) is 12.1 Å². The van der Waals surface area contributed by atoms with E-state index in [4.69, 9.17) is 0 Å². The van der Waals surface area contributed by atoms with Crippen LogP contribution in [0.2, 0.25) is 0 Å². The van der Waals surface area contributed by atoms with Crippen LogP contribution in [0, 0.1) is 0 Å². The Balaban J connectivity index is 1.62. The first-order valence-corrected chi connectivity index (χ1v) is 8.47. The van der Waals surface area contributed by atoms with Gasteiger partial charge in [-0.2, -0.15) is 16.9 Å². The first-order chi connectivity index (χ1) is 10.7. The lowest BCUT2D eigenvalue weighted by Gasteiger charge is -2.28. The van der Waals surface area contributed by atoms with E-state index in [1.807, 2.05) is 47.9 Å². The fourth-order valence-corrected chi connectivity index (χ4v) is 3.29. The van der Waals surface area contributed by atoms with Crippen LogP contribution in [0.4, 0.5) is 4.79 Å². The van der Waals surface area contributed by atoms with E-state index in [1.165, 1.54) is 6.33 Å². The zero-order chi connectivity index (χ0) is 15.4. The van der Waals surface area contributed by atoms with Crippen molar-refractivity contribution in [2.75, 3.05) is 24.6 Å². The number of aromatic nitrogens is 3. The summed E-state index contributed by atoms with van der Waals surface area (Å²) < 4.78 is 1.71. The molecule has 3 rings (SSSR count). The van der Waals surface area contributed by atoms with Crippen molar-refractivity contribution >= 4 is 17.8 Å². The molecule has 1 fully saturated rings. The third-order valence-electron chi connectivity index (χ3n) is 3.71. The molecule has 1 N–H and O–H groups in total. The summed E-state index contributed by atoms with van der Waals surface area (Å²) >= 11 is 1.90. The Morgan fingerprint density at radius 2 is 2.00 bits per heavy atom. The predicted molar refractivity (Wildman–Crippen MR) is 87.2 cm³/mol. The summed E-state index contributed by atoms with van der Waals surface area (Å²) in [5.41, 5.74) is 2.02. The summed E-state index contributed by atoms with van der Waals surface area (Å²) in [6.45, 7) is 3.66. The molecule has 7 heteroatoms. The number of hydrogen-bond donors (Lipinski definition) is 1. The Morgan fingerprint density at radius 3 is 2.64 bits per heavy atom. The first-order valence-electron chi connectivity index (χ1n) is 7.32. The molecule has 2 amide bonds. The molecule has 1 aliphatic rings. The summed E-state index contributed by atoms with van der Waals surface area (Å²) in [6.07, 6.45) is 3.17. The number of urea groups is 1. The van der Waals surface area contributed by atoms with Crippen LogP contribution in [0.15, 0.2) is 36.9 Å². The topological polar surface area (TPSA) is 63.1 Å². The van der Waals surface area contributed by atoms with Crippen LogP contribution in [0.1, 0.15) is 18.5 Å². The molecule has 0 radical (unpaired) electrons. The maximum Gasteiger partial charge on any atom is 0.317 e. The van der Waals surface area contributed by atoms with Crippen LogP contribution in [0.25, 0.3) is 5.69 Å². The molecule has 1 aromatic carbocycles. The molecule has 0 aliphatic carbocycles. The Labute approximate surface area is 133 Å². The van der Waals surface area contributed by atoms with Gasteiger partial charge in [-0.25, -0.2) is 14.5 Å². The molecular formula is C15H19N5OS. The highest BCUT2D eigenvalue weighted by atomic mass is 32.2. The van der Waals surface area contributed by atoms with Crippen LogP contribution in [0.5, 0.6) is 0 Å². The van der Waals surface area contributed by atoms with Crippen molar-refractivity contribution < 1.29 is 4.79 Å². The quantitative estimate of drug-likeness (QED) is 0.941. The molecule has 0 bridgehead atoms. The lowest BCUT2D eigenvalue weighted by Crippen LogP contribution is -2.45. The molecule has 6 nitrogen and oxygen atoms in total. The number of nitrogens with zero attached hydrogens (tertiary/aromatic N) is 4. The molecule has 0 unspecified atom stereocenters. The van der Waals surface area contributed by atoms with E-state index in [9.17, 15) is 4.79 Å². The van der Waals surface area contributed by atoms with Gasteiger partial charge >= 0.3 is 6.03 Å². The molecule has 22 heavy (non-hydrogen) atoms. The Kier molecular flexibility index (Phi) is 4.62. The number of hydrogen-bond acceptors (Lipinski definition) is 4. The zero-order valence-electron chi connectivity index (χ0n) is 12.5. The highest BCUT2D eigenvalue weighted by Gasteiger charge is 2.18. The van der Waals surface area contributed by atoms with Gasteiger partial charge in [0.1, 0.15) is 12.7 Å². The summed E-state index contributed by atoms with van der Waals surface area (Å²) in [5.74, 6) is 2.04. The minimum atomic E-state index is -0.0214. The summed E-state index contributed by atoms with van der Waals surface area (Å²) in [4.78, 5) is 18.0. The van der Waals surface area contributed by atoms with Gasteiger partial charge in [0, 0.05) is 24.6 Å². The molecule has 2 heterocycles. The summed E-state index contributed by atoms with van der Waals surface area (Å²) in [6, 6.07) is 7.97. The number of nitrogens with one attached hydrogen (secondary N) is 1. The van der Waals surface area contributed by atoms with Crippen LogP contribution >= 0.6 is 11.8 Å². The van der Waals surface area contributed by atoms with E-state index in [2.05, 4.69) is 15.4 Å². The van der Waals surface area contributed by atoms with E-state index in [0.717, 1.165) is 35.8 Å². The molecule has 0 saturated carbocycles. The fourth-order valence-electron chi connectivity index (χ4n) is 2.38. The van der Waals surface area contributed by atoms with Crippen LogP contribution in [0.3, 0.4) is 0 Å². The van der Waals surface area contributed by atoms with Gasteiger partial charge in [-0.05, 0) is 24.6 Å².